The normalized spacial score (nSPS) is 11.3. The molecular formula is C14H20Cl2N2S. The van der Waals surface area contributed by atoms with Crippen LogP contribution in [0.25, 0.3) is 0 Å². The fraction of sp³-hybridized carbons (Fsp3) is 0.500. The van der Waals surface area contributed by atoms with Gasteiger partial charge in [-0.3, -0.25) is 4.90 Å². The molecule has 0 unspecified atom stereocenters. The second-order valence-corrected chi connectivity index (χ2v) is 6.45. The maximum Gasteiger partial charge on any atom is 0.0740 e. The summed E-state index contributed by atoms with van der Waals surface area (Å²) in [4.78, 5) is 2.87. The highest BCUT2D eigenvalue weighted by Gasteiger charge is 2.11. The molecule has 0 radical (unpaired) electrons. The highest BCUT2D eigenvalue weighted by Crippen LogP contribution is 2.22. The molecule has 0 aliphatic heterocycles. The molecule has 0 saturated heterocycles. The van der Waals surface area contributed by atoms with Crippen LogP contribution in [0.4, 0.5) is 0 Å². The van der Waals surface area contributed by atoms with Gasteiger partial charge in [-0.15, -0.1) is 0 Å². The molecule has 1 aromatic carbocycles. The van der Waals surface area contributed by atoms with Crippen molar-refractivity contribution in [3.8, 4) is 0 Å². The molecule has 0 heterocycles. The van der Waals surface area contributed by atoms with E-state index < -0.39 is 0 Å². The van der Waals surface area contributed by atoms with E-state index in [4.69, 9.17) is 41.2 Å². The summed E-state index contributed by atoms with van der Waals surface area (Å²) in [6.07, 6.45) is 0.729. The molecule has 0 amide bonds. The molecule has 0 aliphatic carbocycles. The largest absolute Gasteiger partial charge is 0.393 e. The summed E-state index contributed by atoms with van der Waals surface area (Å²) in [5.74, 6) is 0.581. The number of nitrogens with zero attached hydrogens (tertiary/aromatic N) is 1. The van der Waals surface area contributed by atoms with Crippen LogP contribution in [0.5, 0.6) is 0 Å². The Hall–Kier alpha value is -0.350. The lowest BCUT2D eigenvalue weighted by Crippen LogP contribution is -2.30. The van der Waals surface area contributed by atoms with E-state index in [9.17, 15) is 0 Å². The Morgan fingerprint density at radius 3 is 2.58 bits per heavy atom. The van der Waals surface area contributed by atoms with Gasteiger partial charge in [0.1, 0.15) is 0 Å². The van der Waals surface area contributed by atoms with E-state index in [2.05, 4.69) is 18.7 Å². The number of hydrogen-bond acceptors (Lipinski definition) is 2. The van der Waals surface area contributed by atoms with E-state index in [0.717, 1.165) is 31.6 Å². The molecular weight excluding hydrogens is 299 g/mol. The minimum Gasteiger partial charge on any atom is -0.393 e. The third kappa shape index (κ3) is 6.57. The number of rotatable bonds is 7. The highest BCUT2D eigenvalue weighted by molar-refractivity contribution is 7.80. The Bertz CT molecular complexity index is 435. The van der Waals surface area contributed by atoms with Crippen LogP contribution in [0.1, 0.15) is 25.8 Å². The molecule has 0 aromatic heterocycles. The average molecular weight is 319 g/mol. The fourth-order valence-electron chi connectivity index (χ4n) is 1.91. The molecule has 0 fully saturated rings. The summed E-state index contributed by atoms with van der Waals surface area (Å²) in [6, 6.07) is 5.61. The third-order valence-electron chi connectivity index (χ3n) is 2.71. The predicted octanol–water partition coefficient (Wildman–Crippen LogP) is 4.13. The average Bonchev–Trinajstić information content (AvgIpc) is 2.28. The highest BCUT2D eigenvalue weighted by atomic mass is 35.5. The third-order valence-corrected chi connectivity index (χ3v) is 3.50. The number of hydrogen-bond donors (Lipinski definition) is 1. The van der Waals surface area contributed by atoms with Crippen LogP contribution in [0, 0.1) is 5.92 Å². The van der Waals surface area contributed by atoms with Gasteiger partial charge in [-0.2, -0.15) is 0 Å². The molecule has 0 atom stereocenters. The van der Waals surface area contributed by atoms with Crippen LogP contribution in [-0.2, 0) is 6.54 Å². The van der Waals surface area contributed by atoms with Crippen molar-refractivity contribution in [2.24, 2.45) is 11.7 Å². The zero-order chi connectivity index (χ0) is 14.4. The Kier molecular flexibility index (Phi) is 7.08. The van der Waals surface area contributed by atoms with E-state index in [0.29, 0.717) is 21.0 Å². The van der Waals surface area contributed by atoms with Crippen molar-refractivity contribution in [1.29, 1.82) is 0 Å². The van der Waals surface area contributed by atoms with Gasteiger partial charge in [0.25, 0.3) is 0 Å². The summed E-state index contributed by atoms with van der Waals surface area (Å²) >= 11 is 17.1. The number of thiocarbonyl (C=S) groups is 1. The molecule has 1 rings (SSSR count). The van der Waals surface area contributed by atoms with E-state index in [1.54, 1.807) is 6.07 Å². The molecule has 0 bridgehead atoms. The van der Waals surface area contributed by atoms with Crippen molar-refractivity contribution in [2.75, 3.05) is 13.1 Å². The zero-order valence-electron chi connectivity index (χ0n) is 11.3. The Morgan fingerprint density at radius 1 is 1.37 bits per heavy atom. The lowest BCUT2D eigenvalue weighted by Gasteiger charge is -2.24. The van der Waals surface area contributed by atoms with Gasteiger partial charge in [0.05, 0.1) is 4.99 Å². The van der Waals surface area contributed by atoms with Gasteiger partial charge in [-0.1, -0.05) is 55.3 Å². The maximum absolute atomic E-state index is 6.21. The van der Waals surface area contributed by atoms with Crippen molar-refractivity contribution >= 4 is 40.4 Å². The fourth-order valence-corrected chi connectivity index (χ4v) is 2.47. The van der Waals surface area contributed by atoms with Gasteiger partial charge >= 0.3 is 0 Å². The van der Waals surface area contributed by atoms with Gasteiger partial charge in [0.15, 0.2) is 0 Å². The summed E-state index contributed by atoms with van der Waals surface area (Å²) in [5, 5.41) is 1.36. The summed E-state index contributed by atoms with van der Waals surface area (Å²) in [6.45, 7) is 7.01. The standard InChI is InChI=1S/C14H20Cl2N2S/c1-10(2)8-18(6-5-14(17)19)9-11-3-4-12(15)7-13(11)16/h3-4,7,10H,5-6,8-9H2,1-2H3,(H2,17,19). The minimum absolute atomic E-state index is 0.552. The first-order valence-electron chi connectivity index (χ1n) is 6.33. The second-order valence-electron chi connectivity index (χ2n) is 5.08. The van der Waals surface area contributed by atoms with E-state index in [1.165, 1.54) is 0 Å². The van der Waals surface area contributed by atoms with Crippen LogP contribution in [0.15, 0.2) is 18.2 Å². The monoisotopic (exact) mass is 318 g/mol. The van der Waals surface area contributed by atoms with Crippen molar-refractivity contribution in [3.05, 3.63) is 33.8 Å². The van der Waals surface area contributed by atoms with Crippen LogP contribution in [0.2, 0.25) is 10.0 Å². The van der Waals surface area contributed by atoms with Gasteiger partial charge in [0, 0.05) is 36.1 Å². The lowest BCUT2D eigenvalue weighted by atomic mass is 10.1. The maximum atomic E-state index is 6.21. The topological polar surface area (TPSA) is 29.3 Å². The molecule has 106 valence electrons. The Balaban J connectivity index is 2.72. The molecule has 2 N–H and O–H groups in total. The number of halogens is 2. The molecule has 19 heavy (non-hydrogen) atoms. The molecule has 0 aliphatic rings. The van der Waals surface area contributed by atoms with Crippen molar-refractivity contribution in [1.82, 2.24) is 4.90 Å². The van der Waals surface area contributed by atoms with Crippen LogP contribution in [-0.4, -0.2) is 23.0 Å². The van der Waals surface area contributed by atoms with Crippen molar-refractivity contribution in [2.45, 2.75) is 26.8 Å². The quantitative estimate of drug-likeness (QED) is 0.766. The summed E-state index contributed by atoms with van der Waals surface area (Å²) < 4.78 is 0. The molecule has 0 spiro atoms. The lowest BCUT2D eigenvalue weighted by molar-refractivity contribution is 0.243. The molecule has 5 heteroatoms. The summed E-state index contributed by atoms with van der Waals surface area (Å²) in [5.41, 5.74) is 6.65. The Morgan fingerprint density at radius 2 is 2.05 bits per heavy atom. The first kappa shape index (κ1) is 16.7. The van der Waals surface area contributed by atoms with Crippen LogP contribution in [0.3, 0.4) is 0 Å². The predicted molar refractivity (Wildman–Crippen MR) is 88.0 cm³/mol. The second kappa shape index (κ2) is 8.05. The van der Waals surface area contributed by atoms with E-state index in [1.807, 2.05) is 12.1 Å². The molecule has 2 nitrogen and oxygen atoms in total. The minimum atomic E-state index is 0.552. The Labute approximate surface area is 130 Å². The van der Waals surface area contributed by atoms with E-state index in [-0.39, 0.29) is 0 Å². The van der Waals surface area contributed by atoms with Crippen molar-refractivity contribution in [3.63, 3.8) is 0 Å². The van der Waals surface area contributed by atoms with Crippen LogP contribution >= 0.6 is 35.4 Å². The van der Waals surface area contributed by atoms with Gasteiger partial charge in [-0.25, -0.2) is 0 Å². The van der Waals surface area contributed by atoms with Gasteiger partial charge in [-0.05, 0) is 23.6 Å². The zero-order valence-corrected chi connectivity index (χ0v) is 13.7. The molecule has 0 saturated carbocycles. The molecule has 1 aromatic rings. The van der Waals surface area contributed by atoms with Gasteiger partial charge in [0.2, 0.25) is 0 Å². The van der Waals surface area contributed by atoms with E-state index >= 15 is 0 Å². The number of benzene rings is 1. The summed E-state index contributed by atoms with van der Waals surface area (Å²) in [7, 11) is 0. The first-order chi connectivity index (χ1) is 8.88. The smallest absolute Gasteiger partial charge is 0.0740 e. The SMILES string of the molecule is CC(C)CN(CCC(N)=S)Cc1ccc(Cl)cc1Cl. The van der Waals surface area contributed by atoms with Gasteiger partial charge < -0.3 is 5.73 Å². The number of nitrogens with two attached hydrogens (primary N) is 1. The first-order valence-corrected chi connectivity index (χ1v) is 7.49. The van der Waals surface area contributed by atoms with Crippen molar-refractivity contribution < 1.29 is 0 Å². The van der Waals surface area contributed by atoms with Crippen LogP contribution < -0.4 is 5.73 Å².